The van der Waals surface area contributed by atoms with Crippen molar-refractivity contribution in [2.24, 2.45) is 0 Å². The van der Waals surface area contributed by atoms with Crippen molar-refractivity contribution in [3.8, 4) is 0 Å². The van der Waals surface area contributed by atoms with Gasteiger partial charge in [0.05, 0.1) is 6.10 Å². The van der Waals surface area contributed by atoms with Crippen molar-refractivity contribution in [3.63, 3.8) is 0 Å². The van der Waals surface area contributed by atoms with E-state index in [2.05, 4.69) is 9.97 Å². The number of halogens is 1. The molecule has 0 amide bonds. The van der Waals surface area contributed by atoms with Gasteiger partial charge in [-0.05, 0) is 12.8 Å². The first-order chi connectivity index (χ1) is 6.75. The molecule has 0 radical (unpaired) electrons. The second-order valence-electron chi connectivity index (χ2n) is 3.44. The highest BCUT2D eigenvalue weighted by Gasteiger charge is 2.18. The van der Waals surface area contributed by atoms with Crippen LogP contribution in [-0.2, 0) is 0 Å². The molecule has 1 N–H and O–H groups in total. The van der Waals surface area contributed by atoms with E-state index in [-0.39, 0.29) is 6.10 Å². The average Bonchev–Trinajstić information content (AvgIpc) is 2.18. The van der Waals surface area contributed by atoms with Crippen molar-refractivity contribution in [2.75, 3.05) is 18.0 Å². The lowest BCUT2D eigenvalue weighted by atomic mass is 10.1. The third kappa shape index (κ3) is 2.13. The van der Waals surface area contributed by atoms with Crippen LogP contribution in [0, 0.1) is 0 Å². The summed E-state index contributed by atoms with van der Waals surface area (Å²) in [4.78, 5) is 9.97. The Hall–Kier alpha value is -0.870. The molecule has 1 aliphatic rings. The SMILES string of the molecule is O[C@H]1CCCN(c2cc(Cl)ncn2)C1. The second-order valence-corrected chi connectivity index (χ2v) is 3.83. The molecule has 0 aliphatic carbocycles. The Morgan fingerprint density at radius 2 is 2.36 bits per heavy atom. The predicted octanol–water partition coefficient (Wildman–Crippen LogP) is 1.09. The van der Waals surface area contributed by atoms with Crippen molar-refractivity contribution < 1.29 is 5.11 Å². The van der Waals surface area contributed by atoms with Crippen LogP contribution in [0.25, 0.3) is 0 Å². The maximum atomic E-state index is 9.49. The molecular formula is C9H12ClN3O. The number of β-amino-alcohol motifs (C(OH)–C–C–N with tert-alkyl or cyclic N) is 1. The number of aliphatic hydroxyl groups is 1. The highest BCUT2D eigenvalue weighted by atomic mass is 35.5. The van der Waals surface area contributed by atoms with Gasteiger partial charge in [-0.2, -0.15) is 0 Å². The third-order valence-electron chi connectivity index (χ3n) is 2.34. The third-order valence-corrected chi connectivity index (χ3v) is 2.55. The Kier molecular flexibility index (Phi) is 2.84. The normalized spacial score (nSPS) is 22.4. The molecule has 0 saturated carbocycles. The number of anilines is 1. The molecule has 2 heterocycles. The molecule has 1 atom stereocenters. The Morgan fingerprint density at radius 3 is 3.07 bits per heavy atom. The Morgan fingerprint density at radius 1 is 1.50 bits per heavy atom. The zero-order valence-electron chi connectivity index (χ0n) is 7.73. The smallest absolute Gasteiger partial charge is 0.134 e. The van der Waals surface area contributed by atoms with Crippen LogP contribution in [0.1, 0.15) is 12.8 Å². The molecule has 4 nitrogen and oxygen atoms in total. The van der Waals surface area contributed by atoms with E-state index in [1.165, 1.54) is 6.33 Å². The molecule has 5 heteroatoms. The molecule has 1 aromatic heterocycles. The van der Waals surface area contributed by atoms with Crippen LogP contribution in [0.3, 0.4) is 0 Å². The summed E-state index contributed by atoms with van der Waals surface area (Å²) >= 11 is 5.76. The number of aromatic nitrogens is 2. The van der Waals surface area contributed by atoms with E-state index in [9.17, 15) is 5.11 Å². The van der Waals surface area contributed by atoms with E-state index in [1.54, 1.807) is 6.07 Å². The largest absolute Gasteiger partial charge is 0.391 e. The topological polar surface area (TPSA) is 49.2 Å². The van der Waals surface area contributed by atoms with Gasteiger partial charge in [-0.1, -0.05) is 11.6 Å². The monoisotopic (exact) mass is 213 g/mol. The van der Waals surface area contributed by atoms with Crippen molar-refractivity contribution in [3.05, 3.63) is 17.5 Å². The quantitative estimate of drug-likeness (QED) is 0.710. The molecule has 76 valence electrons. The highest BCUT2D eigenvalue weighted by molar-refractivity contribution is 6.29. The van der Waals surface area contributed by atoms with Crippen molar-refractivity contribution in [1.82, 2.24) is 9.97 Å². The van der Waals surface area contributed by atoms with Crippen LogP contribution in [-0.4, -0.2) is 34.3 Å². The lowest BCUT2D eigenvalue weighted by Gasteiger charge is -2.30. The number of piperidine rings is 1. The van der Waals surface area contributed by atoms with Gasteiger partial charge in [0.1, 0.15) is 17.3 Å². The van der Waals surface area contributed by atoms with Gasteiger partial charge < -0.3 is 10.0 Å². The van der Waals surface area contributed by atoms with E-state index in [0.29, 0.717) is 11.7 Å². The Balaban J connectivity index is 2.14. The van der Waals surface area contributed by atoms with Gasteiger partial charge in [-0.15, -0.1) is 0 Å². The molecule has 2 rings (SSSR count). The van der Waals surface area contributed by atoms with Crippen LogP contribution >= 0.6 is 11.6 Å². The zero-order chi connectivity index (χ0) is 9.97. The number of hydrogen-bond donors (Lipinski definition) is 1. The Bertz CT molecular complexity index is 321. The van der Waals surface area contributed by atoms with Crippen LogP contribution < -0.4 is 4.90 Å². The summed E-state index contributed by atoms with van der Waals surface area (Å²) in [5.74, 6) is 0.795. The lowest BCUT2D eigenvalue weighted by Crippen LogP contribution is -2.38. The zero-order valence-corrected chi connectivity index (χ0v) is 8.48. The van der Waals surface area contributed by atoms with Gasteiger partial charge in [-0.3, -0.25) is 0 Å². The second kappa shape index (κ2) is 4.11. The molecule has 1 saturated heterocycles. The van der Waals surface area contributed by atoms with Gasteiger partial charge in [0.15, 0.2) is 0 Å². The van der Waals surface area contributed by atoms with Gasteiger partial charge in [0.2, 0.25) is 0 Å². The molecule has 1 aliphatic heterocycles. The number of rotatable bonds is 1. The Labute approximate surface area is 87.5 Å². The molecular weight excluding hydrogens is 202 g/mol. The van der Waals surface area contributed by atoms with Gasteiger partial charge >= 0.3 is 0 Å². The molecule has 0 unspecified atom stereocenters. The number of nitrogens with zero attached hydrogens (tertiary/aromatic N) is 3. The average molecular weight is 214 g/mol. The van der Waals surface area contributed by atoms with Crippen LogP contribution in [0.2, 0.25) is 5.15 Å². The number of aliphatic hydroxyl groups excluding tert-OH is 1. The summed E-state index contributed by atoms with van der Waals surface area (Å²) in [6.07, 6.45) is 3.05. The first kappa shape index (κ1) is 9.68. The maximum absolute atomic E-state index is 9.49. The van der Waals surface area contributed by atoms with E-state index in [0.717, 1.165) is 25.2 Å². The molecule has 1 fully saturated rings. The first-order valence-electron chi connectivity index (χ1n) is 4.66. The van der Waals surface area contributed by atoms with Gasteiger partial charge in [0.25, 0.3) is 0 Å². The minimum atomic E-state index is -0.252. The predicted molar refractivity (Wildman–Crippen MR) is 54.5 cm³/mol. The molecule has 1 aromatic rings. The minimum Gasteiger partial charge on any atom is -0.391 e. The fourth-order valence-electron chi connectivity index (χ4n) is 1.66. The van der Waals surface area contributed by atoms with Crippen molar-refractivity contribution in [2.45, 2.75) is 18.9 Å². The van der Waals surface area contributed by atoms with Crippen LogP contribution in [0.4, 0.5) is 5.82 Å². The molecule has 0 spiro atoms. The standard InChI is InChI=1S/C9H12ClN3O/c10-8-4-9(12-6-11-8)13-3-1-2-7(14)5-13/h4,6-7,14H,1-3,5H2/t7-/m0/s1. The van der Waals surface area contributed by atoms with Crippen LogP contribution in [0.15, 0.2) is 12.4 Å². The first-order valence-corrected chi connectivity index (χ1v) is 5.04. The fraction of sp³-hybridized carbons (Fsp3) is 0.556. The summed E-state index contributed by atoms with van der Waals surface area (Å²) in [5, 5.41) is 9.93. The summed E-state index contributed by atoms with van der Waals surface area (Å²) < 4.78 is 0. The number of hydrogen-bond acceptors (Lipinski definition) is 4. The summed E-state index contributed by atoms with van der Waals surface area (Å²) in [5.41, 5.74) is 0. The van der Waals surface area contributed by atoms with E-state index in [4.69, 9.17) is 11.6 Å². The molecule has 0 aromatic carbocycles. The van der Waals surface area contributed by atoms with Crippen molar-refractivity contribution in [1.29, 1.82) is 0 Å². The van der Waals surface area contributed by atoms with Crippen molar-refractivity contribution >= 4 is 17.4 Å². The van der Waals surface area contributed by atoms with E-state index >= 15 is 0 Å². The maximum Gasteiger partial charge on any atom is 0.134 e. The fourth-order valence-corrected chi connectivity index (χ4v) is 1.80. The molecule has 14 heavy (non-hydrogen) atoms. The van der Waals surface area contributed by atoms with Gasteiger partial charge in [0, 0.05) is 19.2 Å². The van der Waals surface area contributed by atoms with Gasteiger partial charge in [-0.25, -0.2) is 9.97 Å². The lowest BCUT2D eigenvalue weighted by molar-refractivity contribution is 0.154. The van der Waals surface area contributed by atoms with E-state index in [1.807, 2.05) is 4.90 Å². The van der Waals surface area contributed by atoms with Crippen LogP contribution in [0.5, 0.6) is 0 Å². The summed E-state index contributed by atoms with van der Waals surface area (Å²) in [7, 11) is 0. The summed E-state index contributed by atoms with van der Waals surface area (Å²) in [6, 6.07) is 1.72. The highest BCUT2D eigenvalue weighted by Crippen LogP contribution is 2.19. The molecule has 0 bridgehead atoms. The minimum absolute atomic E-state index is 0.252. The van der Waals surface area contributed by atoms with E-state index < -0.39 is 0 Å². The summed E-state index contributed by atoms with van der Waals surface area (Å²) in [6.45, 7) is 1.55.